The van der Waals surface area contributed by atoms with Gasteiger partial charge < -0.3 is 15.4 Å². The predicted molar refractivity (Wildman–Crippen MR) is 118 cm³/mol. The topological polar surface area (TPSA) is 58.5 Å². The molecule has 1 aromatic heterocycles. The van der Waals surface area contributed by atoms with Gasteiger partial charge in [-0.1, -0.05) is 30.3 Å². The molecule has 5 nitrogen and oxygen atoms in total. The van der Waals surface area contributed by atoms with Crippen molar-refractivity contribution < 1.29 is 9.13 Å². The molecule has 0 aliphatic heterocycles. The second kappa shape index (κ2) is 9.11. The highest BCUT2D eigenvalue weighted by molar-refractivity contribution is 5.83. The number of para-hydroxylation sites is 1. The molecule has 6 heteroatoms. The van der Waals surface area contributed by atoms with Crippen LogP contribution < -0.4 is 15.4 Å². The molecule has 0 amide bonds. The Morgan fingerprint density at radius 1 is 1.23 bits per heavy atom. The van der Waals surface area contributed by atoms with E-state index in [1.807, 2.05) is 37.3 Å². The fourth-order valence-corrected chi connectivity index (χ4v) is 3.37. The summed E-state index contributed by atoms with van der Waals surface area (Å²) in [6, 6.07) is 15.1. The molecule has 0 saturated heterocycles. The third kappa shape index (κ3) is 4.87. The van der Waals surface area contributed by atoms with Gasteiger partial charge in [0.15, 0.2) is 17.5 Å². The number of pyridine rings is 1. The zero-order valence-electron chi connectivity index (χ0n) is 17.4. The van der Waals surface area contributed by atoms with Crippen molar-refractivity contribution in [3.8, 4) is 5.75 Å². The number of nitrogens with one attached hydrogen (secondary N) is 2. The minimum atomic E-state index is -0.327. The van der Waals surface area contributed by atoms with Gasteiger partial charge in [-0.05, 0) is 55.0 Å². The second-order valence-electron chi connectivity index (χ2n) is 7.73. The van der Waals surface area contributed by atoms with E-state index in [0.29, 0.717) is 30.8 Å². The van der Waals surface area contributed by atoms with Crippen LogP contribution in [0.25, 0.3) is 10.9 Å². The third-order valence-electron chi connectivity index (χ3n) is 5.37. The van der Waals surface area contributed by atoms with E-state index >= 15 is 0 Å². The van der Waals surface area contributed by atoms with Crippen molar-refractivity contribution in [1.29, 1.82) is 0 Å². The average molecular weight is 407 g/mol. The fourth-order valence-electron chi connectivity index (χ4n) is 3.37. The van der Waals surface area contributed by atoms with Crippen LogP contribution in [0.5, 0.6) is 5.75 Å². The molecule has 1 atom stereocenters. The molecule has 3 aromatic rings. The minimum absolute atomic E-state index is 0.117. The van der Waals surface area contributed by atoms with Gasteiger partial charge in [-0.15, -0.1) is 0 Å². The molecule has 4 rings (SSSR count). The molecule has 1 saturated carbocycles. The summed E-state index contributed by atoms with van der Waals surface area (Å²) in [5, 5.41) is 7.75. The lowest BCUT2D eigenvalue weighted by atomic mass is 10.1. The van der Waals surface area contributed by atoms with Crippen molar-refractivity contribution in [2.75, 3.05) is 13.7 Å². The quantitative estimate of drug-likeness (QED) is 0.445. The van der Waals surface area contributed by atoms with E-state index in [4.69, 9.17) is 4.74 Å². The first-order chi connectivity index (χ1) is 14.6. The first-order valence-corrected chi connectivity index (χ1v) is 10.4. The van der Waals surface area contributed by atoms with Gasteiger partial charge >= 0.3 is 0 Å². The smallest absolute Gasteiger partial charge is 0.191 e. The highest BCUT2D eigenvalue weighted by Crippen LogP contribution is 2.30. The van der Waals surface area contributed by atoms with E-state index in [-0.39, 0.29) is 11.9 Å². The molecular formula is C24H27FN4O. The van der Waals surface area contributed by atoms with Crippen LogP contribution >= 0.6 is 0 Å². The Hall–Kier alpha value is -3.15. The first-order valence-electron chi connectivity index (χ1n) is 10.4. The molecule has 1 fully saturated rings. The van der Waals surface area contributed by atoms with Gasteiger partial charge in [0.25, 0.3) is 0 Å². The summed E-state index contributed by atoms with van der Waals surface area (Å²) in [4.78, 5) is 8.79. The number of hydrogen-bond donors (Lipinski definition) is 2. The standard InChI is InChI=1S/C24H27FN4O/c1-16(19-10-11-22(21(25)13-19)30-15-17-8-9-17)29-24(26-2)28-14-20-6-3-5-18-7-4-12-27-23(18)20/h3-7,10-13,16-17H,8-9,14-15H2,1-2H3,(H2,26,28,29). The van der Waals surface area contributed by atoms with Crippen molar-refractivity contribution in [3.05, 3.63) is 71.7 Å². The first kappa shape index (κ1) is 20.1. The maximum Gasteiger partial charge on any atom is 0.191 e. The number of hydrogen-bond acceptors (Lipinski definition) is 3. The molecule has 1 aliphatic rings. The van der Waals surface area contributed by atoms with Gasteiger partial charge in [0.05, 0.1) is 18.2 Å². The number of rotatable bonds is 7. The van der Waals surface area contributed by atoms with Gasteiger partial charge in [0.1, 0.15) is 0 Å². The highest BCUT2D eigenvalue weighted by atomic mass is 19.1. The van der Waals surface area contributed by atoms with E-state index in [9.17, 15) is 4.39 Å². The number of aliphatic imine (C=N–C) groups is 1. The van der Waals surface area contributed by atoms with Gasteiger partial charge in [0, 0.05) is 25.2 Å². The number of aromatic nitrogens is 1. The van der Waals surface area contributed by atoms with Crippen molar-refractivity contribution in [1.82, 2.24) is 15.6 Å². The lowest BCUT2D eigenvalue weighted by Gasteiger charge is -2.19. The molecule has 0 radical (unpaired) electrons. The second-order valence-corrected chi connectivity index (χ2v) is 7.73. The molecule has 1 aliphatic carbocycles. The van der Waals surface area contributed by atoms with Crippen LogP contribution in [0.4, 0.5) is 4.39 Å². The Kier molecular flexibility index (Phi) is 6.12. The van der Waals surface area contributed by atoms with E-state index < -0.39 is 0 Å². The summed E-state index contributed by atoms with van der Waals surface area (Å²) < 4.78 is 20.0. The number of guanidine groups is 1. The largest absolute Gasteiger partial charge is 0.490 e. The van der Waals surface area contributed by atoms with Crippen molar-refractivity contribution in [2.45, 2.75) is 32.4 Å². The fraction of sp³-hybridized carbons (Fsp3) is 0.333. The molecular weight excluding hydrogens is 379 g/mol. The van der Waals surface area contributed by atoms with E-state index in [1.54, 1.807) is 19.3 Å². The molecule has 0 spiro atoms. The highest BCUT2D eigenvalue weighted by Gasteiger charge is 2.22. The maximum atomic E-state index is 14.4. The normalized spacial score (nSPS) is 15.1. The Morgan fingerprint density at radius 2 is 2.07 bits per heavy atom. The monoisotopic (exact) mass is 406 g/mol. The van der Waals surface area contributed by atoms with Crippen LogP contribution in [0, 0.1) is 11.7 Å². The number of halogens is 1. The van der Waals surface area contributed by atoms with Gasteiger partial charge in [0.2, 0.25) is 0 Å². The van der Waals surface area contributed by atoms with Crippen LogP contribution in [0.3, 0.4) is 0 Å². The molecule has 1 unspecified atom stereocenters. The van der Waals surface area contributed by atoms with Gasteiger partial charge in [-0.3, -0.25) is 9.98 Å². The Balaban J connectivity index is 1.37. The van der Waals surface area contributed by atoms with E-state index in [0.717, 1.165) is 22.0 Å². The van der Waals surface area contributed by atoms with Crippen molar-refractivity contribution in [2.24, 2.45) is 10.9 Å². The molecule has 2 aromatic carbocycles. The molecule has 1 heterocycles. The van der Waals surface area contributed by atoms with Crippen LogP contribution in [0.2, 0.25) is 0 Å². The molecule has 2 N–H and O–H groups in total. The number of nitrogens with zero attached hydrogens (tertiary/aromatic N) is 2. The Labute approximate surface area is 176 Å². The maximum absolute atomic E-state index is 14.4. The van der Waals surface area contributed by atoms with Crippen LogP contribution in [-0.4, -0.2) is 24.6 Å². The van der Waals surface area contributed by atoms with Crippen LogP contribution in [0.15, 0.2) is 59.7 Å². The zero-order valence-corrected chi connectivity index (χ0v) is 17.4. The Morgan fingerprint density at radius 3 is 2.83 bits per heavy atom. The minimum Gasteiger partial charge on any atom is -0.490 e. The SMILES string of the molecule is CN=C(NCc1cccc2cccnc12)NC(C)c1ccc(OCC2CC2)c(F)c1. The third-order valence-corrected chi connectivity index (χ3v) is 5.37. The summed E-state index contributed by atoms with van der Waals surface area (Å²) >= 11 is 0. The average Bonchev–Trinajstić information content (AvgIpc) is 3.60. The summed E-state index contributed by atoms with van der Waals surface area (Å²) in [6.07, 6.45) is 4.16. The van der Waals surface area contributed by atoms with Crippen LogP contribution in [-0.2, 0) is 6.54 Å². The molecule has 30 heavy (non-hydrogen) atoms. The van der Waals surface area contributed by atoms with Gasteiger partial charge in [-0.25, -0.2) is 4.39 Å². The zero-order chi connectivity index (χ0) is 20.9. The van der Waals surface area contributed by atoms with Gasteiger partial charge in [-0.2, -0.15) is 0 Å². The Bertz CT molecular complexity index is 1040. The summed E-state index contributed by atoms with van der Waals surface area (Å²) in [5.41, 5.74) is 2.90. The van der Waals surface area contributed by atoms with E-state index in [2.05, 4.69) is 26.7 Å². The summed E-state index contributed by atoms with van der Waals surface area (Å²) in [7, 11) is 1.72. The van der Waals surface area contributed by atoms with Crippen molar-refractivity contribution >= 4 is 16.9 Å². The molecule has 156 valence electrons. The van der Waals surface area contributed by atoms with E-state index in [1.165, 1.54) is 18.9 Å². The summed E-state index contributed by atoms with van der Waals surface area (Å²) in [6.45, 7) is 3.17. The number of benzene rings is 2. The predicted octanol–water partition coefficient (Wildman–Crippen LogP) is 4.59. The van der Waals surface area contributed by atoms with Crippen molar-refractivity contribution in [3.63, 3.8) is 0 Å². The summed E-state index contributed by atoms with van der Waals surface area (Å²) in [5.74, 6) is 1.23. The van der Waals surface area contributed by atoms with Crippen LogP contribution in [0.1, 0.15) is 36.9 Å². The lowest BCUT2D eigenvalue weighted by Crippen LogP contribution is -2.38. The molecule has 0 bridgehead atoms. The number of fused-ring (bicyclic) bond motifs is 1. The number of ether oxygens (including phenoxy) is 1. The lowest BCUT2D eigenvalue weighted by molar-refractivity contribution is 0.285.